The van der Waals surface area contributed by atoms with Gasteiger partial charge in [-0.3, -0.25) is 9.59 Å². The third-order valence-electron chi connectivity index (χ3n) is 3.89. The summed E-state index contributed by atoms with van der Waals surface area (Å²) < 4.78 is 27.8. The van der Waals surface area contributed by atoms with Gasteiger partial charge in [0.15, 0.2) is 0 Å². The lowest BCUT2D eigenvalue weighted by molar-refractivity contribution is -0.122. The summed E-state index contributed by atoms with van der Waals surface area (Å²) in [5.74, 6) is -3.44. The van der Waals surface area contributed by atoms with Gasteiger partial charge in [-0.25, -0.2) is 8.78 Å². The summed E-state index contributed by atoms with van der Waals surface area (Å²) in [6, 6.07) is 7.90. The van der Waals surface area contributed by atoms with Crippen molar-refractivity contribution in [1.82, 2.24) is 0 Å². The number of carbonyl (C=O) groups excluding carboxylic acids is 2. The van der Waals surface area contributed by atoms with E-state index in [1.807, 2.05) is 0 Å². The molecule has 3 rings (SSSR count). The standard InChI is InChI=1S/C17H12Cl2F2N2O2/c18-10-4-5-14(11(19)7-10)22-17(25)9-6-15(24)23(8-9)16-12(20)2-1-3-13(16)21/h1-5,7,9H,6,8H2,(H,22,25). The van der Waals surface area contributed by atoms with Gasteiger partial charge in [0.1, 0.15) is 17.3 Å². The van der Waals surface area contributed by atoms with Crippen LogP contribution in [-0.2, 0) is 9.59 Å². The monoisotopic (exact) mass is 384 g/mol. The van der Waals surface area contributed by atoms with E-state index >= 15 is 0 Å². The lowest BCUT2D eigenvalue weighted by Crippen LogP contribution is -2.29. The second kappa shape index (κ2) is 6.98. The maximum atomic E-state index is 13.9. The summed E-state index contributed by atoms with van der Waals surface area (Å²) >= 11 is 11.8. The van der Waals surface area contributed by atoms with E-state index in [0.717, 1.165) is 17.0 Å². The first-order valence-corrected chi connectivity index (χ1v) is 8.12. The molecular formula is C17H12Cl2F2N2O2. The van der Waals surface area contributed by atoms with E-state index < -0.39 is 35.1 Å². The Kier molecular flexibility index (Phi) is 4.92. The highest BCUT2D eigenvalue weighted by molar-refractivity contribution is 6.36. The molecule has 25 heavy (non-hydrogen) atoms. The molecule has 0 bridgehead atoms. The highest BCUT2D eigenvalue weighted by Gasteiger charge is 2.37. The summed E-state index contributed by atoms with van der Waals surface area (Å²) in [5, 5.41) is 3.27. The molecule has 130 valence electrons. The quantitative estimate of drug-likeness (QED) is 0.858. The molecule has 1 aliphatic heterocycles. The summed E-state index contributed by atoms with van der Waals surface area (Å²) in [4.78, 5) is 25.5. The van der Waals surface area contributed by atoms with Gasteiger partial charge >= 0.3 is 0 Å². The van der Waals surface area contributed by atoms with Crippen LogP contribution in [0.3, 0.4) is 0 Å². The molecule has 1 atom stereocenters. The van der Waals surface area contributed by atoms with Crippen LogP contribution in [0.15, 0.2) is 36.4 Å². The average Bonchev–Trinajstić information content (AvgIpc) is 2.92. The molecule has 1 fully saturated rings. The van der Waals surface area contributed by atoms with E-state index in [-0.39, 0.29) is 18.0 Å². The van der Waals surface area contributed by atoms with Crippen molar-refractivity contribution >= 4 is 46.4 Å². The number of halogens is 4. The summed E-state index contributed by atoms with van der Waals surface area (Å²) in [5.41, 5.74) is -0.0913. The minimum Gasteiger partial charge on any atom is -0.324 e. The van der Waals surface area contributed by atoms with Crippen molar-refractivity contribution in [1.29, 1.82) is 0 Å². The van der Waals surface area contributed by atoms with Crippen LogP contribution in [0, 0.1) is 17.6 Å². The maximum absolute atomic E-state index is 13.9. The van der Waals surface area contributed by atoms with Gasteiger partial charge in [-0.05, 0) is 30.3 Å². The third kappa shape index (κ3) is 3.60. The van der Waals surface area contributed by atoms with Gasteiger partial charge in [0.25, 0.3) is 0 Å². The number of nitrogens with one attached hydrogen (secondary N) is 1. The van der Waals surface area contributed by atoms with Crippen LogP contribution in [0.4, 0.5) is 20.2 Å². The molecule has 2 aromatic rings. The van der Waals surface area contributed by atoms with E-state index in [4.69, 9.17) is 23.2 Å². The van der Waals surface area contributed by atoms with Crippen molar-refractivity contribution in [2.75, 3.05) is 16.8 Å². The first-order valence-electron chi connectivity index (χ1n) is 7.37. The highest BCUT2D eigenvalue weighted by atomic mass is 35.5. The molecule has 2 aromatic carbocycles. The van der Waals surface area contributed by atoms with Crippen molar-refractivity contribution in [2.24, 2.45) is 5.92 Å². The van der Waals surface area contributed by atoms with Crippen LogP contribution in [0.2, 0.25) is 10.0 Å². The number of carbonyl (C=O) groups is 2. The molecule has 2 amide bonds. The van der Waals surface area contributed by atoms with Crippen LogP contribution in [0.1, 0.15) is 6.42 Å². The molecule has 0 saturated carbocycles. The lowest BCUT2D eigenvalue weighted by atomic mass is 10.1. The second-order valence-electron chi connectivity index (χ2n) is 5.59. The van der Waals surface area contributed by atoms with Crippen LogP contribution < -0.4 is 10.2 Å². The summed E-state index contributed by atoms with van der Waals surface area (Å²) in [6.07, 6.45) is -0.148. The molecule has 4 nitrogen and oxygen atoms in total. The SMILES string of the molecule is O=C(Nc1ccc(Cl)cc1Cl)C1CC(=O)N(c2c(F)cccc2F)C1. The highest BCUT2D eigenvalue weighted by Crippen LogP contribution is 2.31. The van der Waals surface area contributed by atoms with Crippen molar-refractivity contribution in [3.8, 4) is 0 Å². The van der Waals surface area contributed by atoms with E-state index in [9.17, 15) is 18.4 Å². The molecule has 0 radical (unpaired) electrons. The Labute approximate surface area is 152 Å². The first-order chi connectivity index (χ1) is 11.9. The predicted octanol–water partition coefficient (Wildman–Crippen LogP) is 4.26. The van der Waals surface area contributed by atoms with Gasteiger partial charge in [0.05, 0.1) is 16.6 Å². The van der Waals surface area contributed by atoms with E-state index in [1.165, 1.54) is 18.2 Å². The molecule has 1 N–H and O–H groups in total. The maximum Gasteiger partial charge on any atom is 0.229 e. The fourth-order valence-electron chi connectivity index (χ4n) is 2.67. The zero-order valence-corrected chi connectivity index (χ0v) is 14.2. The largest absolute Gasteiger partial charge is 0.324 e. The molecule has 0 aliphatic carbocycles. The van der Waals surface area contributed by atoms with Gasteiger partial charge < -0.3 is 10.2 Å². The number of rotatable bonds is 3. The number of anilines is 2. The lowest BCUT2D eigenvalue weighted by Gasteiger charge is -2.18. The Hall–Kier alpha value is -2.18. The van der Waals surface area contributed by atoms with Crippen LogP contribution in [-0.4, -0.2) is 18.4 Å². The minimum atomic E-state index is -0.852. The molecule has 1 unspecified atom stereocenters. The molecular weight excluding hydrogens is 373 g/mol. The van der Waals surface area contributed by atoms with Gasteiger partial charge in [0, 0.05) is 18.0 Å². The normalized spacial score (nSPS) is 17.0. The number of hydrogen-bond donors (Lipinski definition) is 1. The topological polar surface area (TPSA) is 49.4 Å². The average molecular weight is 385 g/mol. The molecule has 0 spiro atoms. The van der Waals surface area contributed by atoms with E-state index in [1.54, 1.807) is 6.07 Å². The zero-order valence-electron chi connectivity index (χ0n) is 12.7. The number of nitrogens with zero attached hydrogens (tertiary/aromatic N) is 1. The predicted molar refractivity (Wildman–Crippen MR) is 91.9 cm³/mol. The molecule has 1 saturated heterocycles. The molecule has 0 aromatic heterocycles. The Morgan fingerprint density at radius 3 is 2.48 bits per heavy atom. The minimum absolute atomic E-state index is 0.117. The molecule has 1 heterocycles. The third-order valence-corrected chi connectivity index (χ3v) is 4.44. The van der Waals surface area contributed by atoms with E-state index in [2.05, 4.69) is 5.32 Å². The van der Waals surface area contributed by atoms with Crippen molar-refractivity contribution < 1.29 is 18.4 Å². The van der Waals surface area contributed by atoms with Crippen LogP contribution in [0.25, 0.3) is 0 Å². The molecule has 8 heteroatoms. The number of hydrogen-bond acceptors (Lipinski definition) is 2. The Morgan fingerprint density at radius 2 is 1.84 bits per heavy atom. The smallest absolute Gasteiger partial charge is 0.229 e. The Morgan fingerprint density at radius 1 is 1.16 bits per heavy atom. The number of amides is 2. The summed E-state index contributed by atoms with van der Waals surface area (Å²) in [7, 11) is 0. The summed E-state index contributed by atoms with van der Waals surface area (Å²) in [6.45, 7) is -0.117. The van der Waals surface area contributed by atoms with Crippen LogP contribution in [0.5, 0.6) is 0 Å². The van der Waals surface area contributed by atoms with E-state index in [0.29, 0.717) is 10.7 Å². The number of para-hydroxylation sites is 1. The van der Waals surface area contributed by atoms with Crippen molar-refractivity contribution in [2.45, 2.75) is 6.42 Å². The molecule has 1 aliphatic rings. The van der Waals surface area contributed by atoms with Crippen LogP contribution >= 0.6 is 23.2 Å². The second-order valence-corrected chi connectivity index (χ2v) is 6.43. The van der Waals surface area contributed by atoms with Gasteiger partial charge in [-0.2, -0.15) is 0 Å². The first kappa shape index (κ1) is 17.6. The van der Waals surface area contributed by atoms with Crippen molar-refractivity contribution in [3.05, 3.63) is 58.1 Å². The fourth-order valence-corrected chi connectivity index (χ4v) is 3.13. The zero-order chi connectivity index (χ0) is 18.1. The van der Waals surface area contributed by atoms with Crippen molar-refractivity contribution in [3.63, 3.8) is 0 Å². The van der Waals surface area contributed by atoms with Gasteiger partial charge in [-0.1, -0.05) is 29.3 Å². The number of benzene rings is 2. The Bertz CT molecular complexity index is 840. The van der Waals surface area contributed by atoms with Gasteiger partial charge in [-0.15, -0.1) is 0 Å². The Balaban J connectivity index is 1.77. The van der Waals surface area contributed by atoms with Gasteiger partial charge in [0.2, 0.25) is 11.8 Å². The fraction of sp³-hybridized carbons (Fsp3) is 0.176.